The number of hydrogen-bond acceptors (Lipinski definition) is 3. The molecule has 21 heavy (non-hydrogen) atoms. The van der Waals surface area contributed by atoms with Gasteiger partial charge in [-0.1, -0.05) is 39.8 Å². The van der Waals surface area contributed by atoms with Crippen LogP contribution in [0.3, 0.4) is 0 Å². The minimum Gasteiger partial charge on any atom is -0.316 e. The molecule has 0 spiro atoms. The number of rotatable bonds is 8. The quantitative estimate of drug-likeness (QED) is 0.803. The SMILES string of the molecule is CNCc1ccc(S(=O)(=O)N(CC(C)C)CC(C)C)cc1. The Morgan fingerprint density at radius 1 is 1.00 bits per heavy atom. The van der Waals surface area contributed by atoms with Crippen LogP contribution in [0, 0.1) is 11.8 Å². The van der Waals surface area contributed by atoms with E-state index in [1.165, 1.54) is 0 Å². The van der Waals surface area contributed by atoms with Gasteiger partial charge in [0.05, 0.1) is 4.90 Å². The Morgan fingerprint density at radius 3 is 1.86 bits per heavy atom. The van der Waals surface area contributed by atoms with E-state index in [1.807, 2.05) is 46.9 Å². The van der Waals surface area contributed by atoms with Crippen LogP contribution in [0.2, 0.25) is 0 Å². The second-order valence-electron chi connectivity index (χ2n) is 6.28. The molecule has 0 aliphatic carbocycles. The van der Waals surface area contributed by atoms with Crippen molar-refractivity contribution in [3.05, 3.63) is 29.8 Å². The van der Waals surface area contributed by atoms with Crippen molar-refractivity contribution in [2.75, 3.05) is 20.1 Å². The minimum atomic E-state index is -3.41. The van der Waals surface area contributed by atoms with E-state index in [1.54, 1.807) is 16.4 Å². The summed E-state index contributed by atoms with van der Waals surface area (Å²) in [5.41, 5.74) is 1.08. The fraction of sp³-hybridized carbons (Fsp3) is 0.625. The lowest BCUT2D eigenvalue weighted by atomic mass is 10.2. The van der Waals surface area contributed by atoms with Gasteiger partial charge in [-0.15, -0.1) is 0 Å². The van der Waals surface area contributed by atoms with Crippen LogP contribution < -0.4 is 5.32 Å². The molecule has 0 aliphatic rings. The lowest BCUT2D eigenvalue weighted by molar-refractivity contribution is 0.333. The van der Waals surface area contributed by atoms with Crippen molar-refractivity contribution in [1.82, 2.24) is 9.62 Å². The minimum absolute atomic E-state index is 0.307. The molecule has 5 heteroatoms. The number of nitrogens with zero attached hydrogens (tertiary/aromatic N) is 1. The van der Waals surface area contributed by atoms with Gasteiger partial charge < -0.3 is 5.32 Å². The zero-order valence-corrected chi connectivity index (χ0v) is 14.6. The summed E-state index contributed by atoms with van der Waals surface area (Å²) in [6.45, 7) is 10.0. The Labute approximate surface area is 129 Å². The maximum atomic E-state index is 12.8. The second kappa shape index (κ2) is 7.92. The lowest BCUT2D eigenvalue weighted by Gasteiger charge is -2.25. The fourth-order valence-corrected chi connectivity index (χ4v) is 3.98. The van der Waals surface area contributed by atoms with Crippen molar-refractivity contribution in [2.24, 2.45) is 11.8 Å². The van der Waals surface area contributed by atoms with E-state index in [2.05, 4.69) is 5.32 Å². The van der Waals surface area contributed by atoms with Crippen molar-refractivity contribution in [2.45, 2.75) is 39.1 Å². The van der Waals surface area contributed by atoms with E-state index in [0.29, 0.717) is 29.8 Å². The molecule has 4 nitrogen and oxygen atoms in total. The normalized spacial score (nSPS) is 12.6. The maximum Gasteiger partial charge on any atom is 0.243 e. The Balaban J connectivity index is 3.03. The summed E-state index contributed by atoms with van der Waals surface area (Å²) in [5, 5.41) is 3.06. The number of sulfonamides is 1. The highest BCUT2D eigenvalue weighted by molar-refractivity contribution is 7.89. The van der Waals surface area contributed by atoms with Gasteiger partial charge in [0.25, 0.3) is 0 Å². The number of nitrogens with one attached hydrogen (secondary N) is 1. The molecule has 0 aliphatic heterocycles. The molecule has 0 atom stereocenters. The van der Waals surface area contributed by atoms with E-state index in [0.717, 1.165) is 12.1 Å². The third kappa shape index (κ3) is 5.41. The Morgan fingerprint density at radius 2 is 1.48 bits per heavy atom. The number of benzene rings is 1. The van der Waals surface area contributed by atoms with E-state index >= 15 is 0 Å². The smallest absolute Gasteiger partial charge is 0.243 e. The zero-order valence-electron chi connectivity index (χ0n) is 13.8. The van der Waals surface area contributed by atoms with Crippen molar-refractivity contribution in [3.8, 4) is 0 Å². The first-order chi connectivity index (χ1) is 9.77. The third-order valence-electron chi connectivity index (χ3n) is 3.08. The van der Waals surface area contributed by atoms with Gasteiger partial charge in [0.15, 0.2) is 0 Å². The molecule has 1 N–H and O–H groups in total. The van der Waals surface area contributed by atoms with Gasteiger partial charge in [-0.2, -0.15) is 4.31 Å². The molecule has 1 rings (SSSR count). The molecule has 1 aromatic carbocycles. The monoisotopic (exact) mass is 312 g/mol. The molecular formula is C16H28N2O2S. The fourth-order valence-electron chi connectivity index (χ4n) is 2.22. The molecular weight excluding hydrogens is 284 g/mol. The molecule has 0 saturated heterocycles. The zero-order chi connectivity index (χ0) is 16.0. The van der Waals surface area contributed by atoms with Gasteiger partial charge in [0.1, 0.15) is 0 Å². The Bertz CT molecular complexity index is 512. The molecule has 1 aromatic rings. The maximum absolute atomic E-state index is 12.8. The molecule has 0 heterocycles. The number of hydrogen-bond donors (Lipinski definition) is 1. The first-order valence-corrected chi connectivity index (χ1v) is 8.95. The average Bonchev–Trinajstić information content (AvgIpc) is 2.38. The molecule has 0 radical (unpaired) electrons. The van der Waals surface area contributed by atoms with Crippen LogP contribution >= 0.6 is 0 Å². The summed E-state index contributed by atoms with van der Waals surface area (Å²) in [5.74, 6) is 0.615. The van der Waals surface area contributed by atoms with Gasteiger partial charge >= 0.3 is 0 Å². The largest absolute Gasteiger partial charge is 0.316 e. The average molecular weight is 312 g/mol. The van der Waals surface area contributed by atoms with E-state index in [9.17, 15) is 8.42 Å². The van der Waals surface area contributed by atoms with Gasteiger partial charge in [0, 0.05) is 19.6 Å². The summed E-state index contributed by atoms with van der Waals surface area (Å²) < 4.78 is 27.2. The highest BCUT2D eigenvalue weighted by Crippen LogP contribution is 2.19. The van der Waals surface area contributed by atoms with E-state index in [-0.39, 0.29) is 0 Å². The van der Waals surface area contributed by atoms with E-state index in [4.69, 9.17) is 0 Å². The summed E-state index contributed by atoms with van der Waals surface area (Å²) in [4.78, 5) is 0.378. The van der Waals surface area contributed by atoms with Gasteiger partial charge in [-0.05, 0) is 36.6 Å². The lowest BCUT2D eigenvalue weighted by Crippen LogP contribution is -2.37. The highest BCUT2D eigenvalue weighted by atomic mass is 32.2. The molecule has 0 bridgehead atoms. The van der Waals surface area contributed by atoms with Crippen LogP contribution in [0.5, 0.6) is 0 Å². The summed E-state index contributed by atoms with van der Waals surface area (Å²) in [6.07, 6.45) is 0. The predicted molar refractivity (Wildman–Crippen MR) is 87.6 cm³/mol. The predicted octanol–water partition coefficient (Wildman–Crippen LogP) is 2.71. The van der Waals surface area contributed by atoms with Gasteiger partial charge in [0.2, 0.25) is 10.0 Å². The van der Waals surface area contributed by atoms with Crippen molar-refractivity contribution >= 4 is 10.0 Å². The summed E-state index contributed by atoms with van der Waals surface area (Å²) >= 11 is 0. The Kier molecular flexibility index (Phi) is 6.84. The molecule has 120 valence electrons. The highest BCUT2D eigenvalue weighted by Gasteiger charge is 2.25. The summed E-state index contributed by atoms with van der Waals surface area (Å²) in [6, 6.07) is 7.14. The third-order valence-corrected chi connectivity index (χ3v) is 4.93. The molecule has 0 amide bonds. The van der Waals surface area contributed by atoms with Crippen LogP contribution in [0.1, 0.15) is 33.3 Å². The standard InChI is InChI=1S/C16H28N2O2S/c1-13(2)11-18(12-14(3)4)21(19,20)16-8-6-15(7-9-16)10-17-5/h6-9,13-14,17H,10-12H2,1-5H3. The van der Waals surface area contributed by atoms with Crippen molar-refractivity contribution in [3.63, 3.8) is 0 Å². The van der Waals surface area contributed by atoms with Crippen LogP contribution in [0.25, 0.3) is 0 Å². The van der Waals surface area contributed by atoms with Crippen LogP contribution in [0.15, 0.2) is 29.2 Å². The first-order valence-electron chi connectivity index (χ1n) is 7.51. The van der Waals surface area contributed by atoms with Crippen molar-refractivity contribution in [1.29, 1.82) is 0 Å². The van der Waals surface area contributed by atoms with Crippen LogP contribution in [0.4, 0.5) is 0 Å². The summed E-state index contributed by atoms with van der Waals surface area (Å²) in [7, 11) is -1.54. The topological polar surface area (TPSA) is 49.4 Å². The molecule has 0 saturated carbocycles. The van der Waals surface area contributed by atoms with Crippen LogP contribution in [-0.2, 0) is 16.6 Å². The molecule has 0 fully saturated rings. The van der Waals surface area contributed by atoms with E-state index < -0.39 is 10.0 Å². The molecule has 0 aromatic heterocycles. The molecule has 0 unspecified atom stereocenters. The second-order valence-corrected chi connectivity index (χ2v) is 8.22. The Hall–Kier alpha value is -0.910. The van der Waals surface area contributed by atoms with Crippen LogP contribution in [-0.4, -0.2) is 32.9 Å². The first kappa shape index (κ1) is 18.1. The van der Waals surface area contributed by atoms with Crippen molar-refractivity contribution < 1.29 is 8.42 Å². The van der Waals surface area contributed by atoms with Gasteiger partial charge in [-0.25, -0.2) is 8.42 Å². The van der Waals surface area contributed by atoms with Gasteiger partial charge in [-0.3, -0.25) is 0 Å².